The Kier molecular flexibility index (Phi) is 10.0. The van der Waals surface area contributed by atoms with Gasteiger partial charge in [-0.05, 0) is 70.1 Å². The molecule has 5 aliphatic rings. The first-order valence-corrected chi connectivity index (χ1v) is 17.7. The molecule has 290 valence electrons. The smallest absolute Gasteiger partial charge is 0.303 e. The minimum Gasteiger partial charge on any atom is -0.459 e. The molecule has 5 rings (SSSR count). The van der Waals surface area contributed by atoms with Crippen LogP contribution in [-0.4, -0.2) is 120 Å². The number of esters is 1. The molecule has 0 bridgehead atoms. The molecule has 0 amide bonds. The molecule has 0 radical (unpaired) electrons. The molecule has 1 unspecified atom stereocenters. The van der Waals surface area contributed by atoms with Crippen molar-refractivity contribution in [3.63, 3.8) is 0 Å². The molecule has 14 nitrogen and oxygen atoms in total. The highest BCUT2D eigenvalue weighted by Crippen LogP contribution is 2.73. The summed E-state index contributed by atoms with van der Waals surface area (Å²) in [7, 11) is 0. The highest BCUT2D eigenvalue weighted by Gasteiger charge is 2.76. The number of allylic oxidation sites excluding steroid dienone is 3. The van der Waals surface area contributed by atoms with Crippen molar-refractivity contribution in [2.75, 3.05) is 6.61 Å². The van der Waals surface area contributed by atoms with Gasteiger partial charge in [0.25, 0.3) is 0 Å². The molecule has 14 heteroatoms. The lowest BCUT2D eigenvalue weighted by atomic mass is 9.38. The van der Waals surface area contributed by atoms with Crippen LogP contribution in [0.15, 0.2) is 35.6 Å². The quantitative estimate of drug-likeness (QED) is 0.102. The fraction of sp³-hybridized carbons (Fsp3) is 0.737. The summed E-state index contributed by atoms with van der Waals surface area (Å²) in [6.07, 6.45) is -5.45. The zero-order chi connectivity index (χ0) is 39.3. The zero-order valence-electron chi connectivity index (χ0n) is 31.2. The maximum absolute atomic E-state index is 14.8. The number of carbonyl (C=O) groups is 4. The van der Waals surface area contributed by atoms with Crippen LogP contribution in [0.2, 0.25) is 0 Å². The largest absolute Gasteiger partial charge is 0.459 e. The van der Waals surface area contributed by atoms with E-state index in [-0.39, 0.29) is 24.4 Å². The van der Waals surface area contributed by atoms with Gasteiger partial charge in [-0.15, -0.1) is 0 Å². The first-order chi connectivity index (χ1) is 23.7. The van der Waals surface area contributed by atoms with Gasteiger partial charge in [-0.2, -0.15) is 0 Å². The minimum atomic E-state index is -2.19. The van der Waals surface area contributed by atoms with Crippen molar-refractivity contribution in [1.29, 1.82) is 0 Å². The van der Waals surface area contributed by atoms with E-state index in [1.165, 1.54) is 26.0 Å². The lowest BCUT2D eigenvalue weighted by Crippen LogP contribution is -2.67. The van der Waals surface area contributed by atoms with E-state index in [9.17, 15) is 54.9 Å². The summed E-state index contributed by atoms with van der Waals surface area (Å²) < 4.78 is 16.6. The summed E-state index contributed by atoms with van der Waals surface area (Å²) in [6.45, 7) is 13.4. The number of carbonyl (C=O) groups excluding carboxylic acids is 4. The second kappa shape index (κ2) is 12.9. The second-order valence-corrected chi connectivity index (χ2v) is 17.4. The van der Waals surface area contributed by atoms with Gasteiger partial charge in [-0.1, -0.05) is 32.4 Å². The van der Waals surface area contributed by atoms with E-state index in [0.29, 0.717) is 5.57 Å². The van der Waals surface area contributed by atoms with Crippen LogP contribution in [0.25, 0.3) is 0 Å². The normalized spacial score (nSPS) is 44.2. The molecule has 3 fully saturated rings. The monoisotopic (exact) mass is 734 g/mol. The summed E-state index contributed by atoms with van der Waals surface area (Å²) in [4.78, 5) is 53.9. The van der Waals surface area contributed by atoms with Gasteiger partial charge < -0.3 is 50.0 Å². The summed E-state index contributed by atoms with van der Waals surface area (Å²) in [5, 5.41) is 76.6. The Morgan fingerprint density at radius 3 is 2.15 bits per heavy atom. The van der Waals surface area contributed by atoms with E-state index in [0.717, 1.165) is 6.08 Å². The van der Waals surface area contributed by atoms with Crippen LogP contribution < -0.4 is 0 Å². The van der Waals surface area contributed by atoms with Crippen LogP contribution in [0, 0.1) is 39.4 Å². The minimum absolute atomic E-state index is 0.0149. The van der Waals surface area contributed by atoms with Crippen LogP contribution in [0.4, 0.5) is 0 Å². The molecule has 7 N–H and O–H groups in total. The third kappa shape index (κ3) is 5.85. The standard InChI is InChI=1S/C38H54O14/c1-17(40)52-33(2,3)11-10-24(43)38(9,49)30-21(42)14-35(6)29-20(41)12-18-19(37(29,8)25(44)15-36(30,35)7)13-22(31(48)34(18,4)5)50-32-28(47)27(46)26(45)23(16-39)51-32/h10-13,19-21,23,26-30,32,39,41-42,45-47,49H,14-16H2,1-9H3/b11-10+/t19-,20+,21-,23-,26-,27+,28-,29?,30+,32-,35+,36-,37-,38+/m1/s1. The maximum atomic E-state index is 14.8. The van der Waals surface area contributed by atoms with Gasteiger partial charge in [0.05, 0.1) is 24.2 Å². The van der Waals surface area contributed by atoms with Crippen LogP contribution in [-0.2, 0) is 33.4 Å². The van der Waals surface area contributed by atoms with Gasteiger partial charge in [0.2, 0.25) is 12.1 Å². The van der Waals surface area contributed by atoms with Crippen molar-refractivity contribution >= 4 is 23.3 Å². The van der Waals surface area contributed by atoms with Crippen molar-refractivity contribution < 1.29 is 69.1 Å². The SMILES string of the molecule is CC(=O)OC(C)(C)/C=C/C(=O)[C@](C)(O)[C@H]1[C@H](O)C[C@@]2(C)C3[C@@H](O)C=C4[C@@H](C=C(O[C@@H]5O[C@H](CO)[C@@H](O)[C@H](O)[C@H]5O)C(=O)C4(C)C)[C@]3(C)C(=O)C[C@]12C. The van der Waals surface area contributed by atoms with E-state index in [4.69, 9.17) is 14.2 Å². The van der Waals surface area contributed by atoms with Crippen LogP contribution in [0.1, 0.15) is 75.2 Å². The zero-order valence-corrected chi connectivity index (χ0v) is 31.2. The third-order valence-electron chi connectivity index (χ3n) is 13.2. The van der Waals surface area contributed by atoms with Crippen LogP contribution >= 0.6 is 0 Å². The van der Waals surface area contributed by atoms with Gasteiger partial charge in [-0.3, -0.25) is 19.2 Å². The summed E-state index contributed by atoms with van der Waals surface area (Å²) in [5.74, 6) is -5.39. The van der Waals surface area contributed by atoms with Gasteiger partial charge in [0.15, 0.2) is 11.5 Å². The Labute approximate surface area is 303 Å². The van der Waals surface area contributed by atoms with Gasteiger partial charge in [0, 0.05) is 36.5 Å². The van der Waals surface area contributed by atoms with E-state index in [2.05, 4.69) is 0 Å². The van der Waals surface area contributed by atoms with Crippen molar-refractivity contribution in [1.82, 2.24) is 0 Å². The molecule has 52 heavy (non-hydrogen) atoms. The number of aliphatic hydroxyl groups is 7. The summed E-state index contributed by atoms with van der Waals surface area (Å²) in [6, 6.07) is 0. The van der Waals surface area contributed by atoms with Crippen LogP contribution in [0.3, 0.4) is 0 Å². The third-order valence-corrected chi connectivity index (χ3v) is 13.2. The molecular formula is C38H54O14. The van der Waals surface area contributed by atoms with Gasteiger partial charge in [-0.25, -0.2) is 0 Å². The van der Waals surface area contributed by atoms with Crippen molar-refractivity contribution in [3.8, 4) is 0 Å². The molecule has 2 saturated carbocycles. The lowest BCUT2D eigenvalue weighted by molar-refractivity contribution is -0.291. The first-order valence-electron chi connectivity index (χ1n) is 17.7. The van der Waals surface area contributed by atoms with Crippen LogP contribution in [0.5, 0.6) is 0 Å². The van der Waals surface area contributed by atoms with Crippen molar-refractivity contribution in [3.05, 3.63) is 35.6 Å². The fourth-order valence-corrected chi connectivity index (χ4v) is 10.4. The first kappa shape index (κ1) is 40.4. The number of fused-ring (bicyclic) bond motifs is 5. The number of ether oxygens (including phenoxy) is 3. The summed E-state index contributed by atoms with van der Waals surface area (Å²) in [5.41, 5.74) is -7.92. The number of ketones is 3. The number of rotatable bonds is 8. The maximum Gasteiger partial charge on any atom is 0.303 e. The van der Waals surface area contributed by atoms with Gasteiger partial charge >= 0.3 is 5.97 Å². The van der Waals surface area contributed by atoms with E-state index < -0.39 is 118 Å². The van der Waals surface area contributed by atoms with Crippen molar-refractivity contribution in [2.24, 2.45) is 39.4 Å². The van der Waals surface area contributed by atoms with E-state index >= 15 is 0 Å². The number of hydrogen-bond donors (Lipinski definition) is 7. The molecule has 0 spiro atoms. The molecular weight excluding hydrogens is 680 g/mol. The predicted octanol–water partition coefficient (Wildman–Crippen LogP) is 0.420. The Balaban J connectivity index is 1.56. The highest BCUT2D eigenvalue weighted by atomic mass is 16.7. The van der Waals surface area contributed by atoms with E-state index in [1.807, 2.05) is 6.92 Å². The molecule has 14 atom stereocenters. The van der Waals surface area contributed by atoms with E-state index in [1.54, 1.807) is 47.6 Å². The number of Topliss-reactive ketones (excluding diaryl/α,β-unsaturated/α-hetero) is 2. The lowest BCUT2D eigenvalue weighted by Gasteiger charge is -2.64. The van der Waals surface area contributed by atoms with Gasteiger partial charge in [0.1, 0.15) is 41.4 Å². The average molecular weight is 735 g/mol. The summed E-state index contributed by atoms with van der Waals surface area (Å²) >= 11 is 0. The Hall–Kier alpha value is -2.82. The average Bonchev–Trinajstić information content (AvgIpc) is 3.23. The topological polar surface area (TPSA) is 238 Å². The molecule has 4 aliphatic carbocycles. The number of hydrogen-bond acceptors (Lipinski definition) is 14. The predicted molar refractivity (Wildman–Crippen MR) is 181 cm³/mol. The Morgan fingerprint density at radius 2 is 1.58 bits per heavy atom. The molecule has 0 aromatic carbocycles. The fourth-order valence-electron chi connectivity index (χ4n) is 10.4. The molecule has 1 saturated heterocycles. The number of aliphatic hydroxyl groups excluding tert-OH is 6. The van der Waals surface area contributed by atoms with Crippen molar-refractivity contribution in [2.45, 2.75) is 129 Å². The molecule has 0 aromatic heterocycles. The molecule has 0 aromatic rings. The molecule has 1 aliphatic heterocycles. The highest BCUT2D eigenvalue weighted by molar-refractivity contribution is 6.02. The Morgan fingerprint density at radius 1 is 0.962 bits per heavy atom. The second-order valence-electron chi connectivity index (χ2n) is 17.4. The molecule has 1 heterocycles. The Bertz CT molecular complexity index is 1610.